The van der Waals surface area contributed by atoms with Gasteiger partial charge in [-0.05, 0) is 42.5 Å². The summed E-state index contributed by atoms with van der Waals surface area (Å²) >= 11 is 5.47. The summed E-state index contributed by atoms with van der Waals surface area (Å²) in [5, 5.41) is 0.573. The lowest BCUT2D eigenvalue weighted by atomic mass is 10.2. The molecule has 2 N–H and O–H groups in total. The van der Waals surface area contributed by atoms with Gasteiger partial charge in [0.1, 0.15) is 5.75 Å². The molecule has 5 rings (SSSR count). The minimum Gasteiger partial charge on any atom is -0.497 e. The van der Waals surface area contributed by atoms with Crippen LogP contribution in [0.25, 0.3) is 10.9 Å². The van der Waals surface area contributed by atoms with Gasteiger partial charge in [-0.1, -0.05) is 0 Å². The van der Waals surface area contributed by atoms with E-state index in [0.717, 1.165) is 44.9 Å². The highest BCUT2D eigenvalue weighted by Crippen LogP contribution is 2.34. The van der Waals surface area contributed by atoms with E-state index in [-0.39, 0.29) is 12.4 Å². The number of benzene rings is 2. The van der Waals surface area contributed by atoms with Crippen LogP contribution in [0.2, 0.25) is 0 Å². The quantitative estimate of drug-likeness (QED) is 0.550. The Morgan fingerprint density at radius 3 is 2.56 bits per heavy atom. The minimum atomic E-state index is -0.0821. The Kier molecular flexibility index (Phi) is 5.75. The molecule has 0 bridgehead atoms. The van der Waals surface area contributed by atoms with E-state index in [1.807, 2.05) is 12.1 Å². The van der Waals surface area contributed by atoms with Gasteiger partial charge in [0.2, 0.25) is 6.79 Å². The van der Waals surface area contributed by atoms with Crippen LogP contribution in [0.1, 0.15) is 6.42 Å². The normalized spacial score (nSPS) is 16.0. The van der Waals surface area contributed by atoms with Crippen molar-refractivity contribution in [3.63, 3.8) is 0 Å². The molecule has 9 heteroatoms. The van der Waals surface area contributed by atoms with Crippen molar-refractivity contribution in [2.75, 3.05) is 51.5 Å². The average Bonchev–Trinajstić information content (AvgIpc) is 3.28. The van der Waals surface area contributed by atoms with Gasteiger partial charge < -0.3 is 29.0 Å². The number of aromatic nitrogens is 2. The van der Waals surface area contributed by atoms with Gasteiger partial charge in [-0.15, -0.1) is 0 Å². The van der Waals surface area contributed by atoms with E-state index in [1.165, 1.54) is 5.69 Å². The van der Waals surface area contributed by atoms with E-state index >= 15 is 0 Å². The fourth-order valence-electron chi connectivity index (χ4n) is 4.46. The largest absolute Gasteiger partial charge is 0.497 e. The van der Waals surface area contributed by atoms with Crippen molar-refractivity contribution in [1.82, 2.24) is 9.55 Å². The van der Waals surface area contributed by atoms with Crippen molar-refractivity contribution in [2.24, 2.45) is 0 Å². The second-order valence-electron chi connectivity index (χ2n) is 8.18. The van der Waals surface area contributed by atoms with Crippen molar-refractivity contribution in [2.45, 2.75) is 13.0 Å². The average molecular weight is 456 g/mol. The predicted molar refractivity (Wildman–Crippen MR) is 125 cm³/mol. The standard InChI is InChI=1S/C23H26N4O4S/c1-29-17-5-3-16(4-6-17)26-11-9-25(10-12-26)7-2-8-27-22(28)18-13-20-21(31-15-30-20)14-19(18)24-23(27)32/h3-6,13-14H,2,7-12,15H2,1H3,(H,24,32)/p+1. The highest BCUT2D eigenvalue weighted by atomic mass is 32.1. The van der Waals surface area contributed by atoms with Crippen molar-refractivity contribution in [3.05, 3.63) is 51.5 Å². The van der Waals surface area contributed by atoms with E-state index in [1.54, 1.807) is 28.7 Å². The fraction of sp³-hybridized carbons (Fsp3) is 0.391. The van der Waals surface area contributed by atoms with Gasteiger partial charge in [0, 0.05) is 24.7 Å². The number of anilines is 1. The Hall–Kier alpha value is -3.04. The van der Waals surface area contributed by atoms with E-state index < -0.39 is 0 Å². The molecule has 0 spiro atoms. The molecule has 0 radical (unpaired) electrons. The topological polar surface area (TPSA) is 73.2 Å². The molecule has 1 aromatic heterocycles. The van der Waals surface area contributed by atoms with Crippen LogP contribution in [0.4, 0.5) is 5.69 Å². The Bertz CT molecular complexity index is 1230. The highest BCUT2D eigenvalue weighted by molar-refractivity contribution is 7.71. The first-order valence-electron chi connectivity index (χ1n) is 10.9. The first-order chi connectivity index (χ1) is 15.6. The maximum atomic E-state index is 13.0. The van der Waals surface area contributed by atoms with Crippen LogP contribution >= 0.6 is 12.2 Å². The number of quaternary nitrogens is 1. The van der Waals surface area contributed by atoms with Crippen molar-refractivity contribution in [1.29, 1.82) is 0 Å². The molecule has 1 saturated heterocycles. The Morgan fingerprint density at radius 1 is 1.12 bits per heavy atom. The predicted octanol–water partition coefficient (Wildman–Crippen LogP) is 1.59. The number of ether oxygens (including phenoxy) is 3. The van der Waals surface area contributed by atoms with E-state index in [2.05, 4.69) is 22.0 Å². The molecule has 168 valence electrons. The number of rotatable bonds is 6. The zero-order valence-corrected chi connectivity index (χ0v) is 18.9. The summed E-state index contributed by atoms with van der Waals surface area (Å²) in [5.41, 5.74) is 1.84. The summed E-state index contributed by atoms with van der Waals surface area (Å²) < 4.78 is 18.2. The Balaban J connectivity index is 1.19. The SMILES string of the molecule is COc1ccc(N2CC[NH+](CCCn3c(=S)[nH]c4cc5c(cc4c3=O)OCO5)CC2)cc1. The summed E-state index contributed by atoms with van der Waals surface area (Å²) in [6, 6.07) is 11.8. The number of aromatic amines is 1. The maximum absolute atomic E-state index is 13.0. The van der Waals surface area contributed by atoms with Crippen LogP contribution in [0.15, 0.2) is 41.2 Å². The Morgan fingerprint density at radius 2 is 1.84 bits per heavy atom. The van der Waals surface area contributed by atoms with Gasteiger partial charge in [-0.3, -0.25) is 9.36 Å². The minimum absolute atomic E-state index is 0.0821. The molecule has 2 aliphatic rings. The number of hydrogen-bond donors (Lipinski definition) is 2. The van der Waals surface area contributed by atoms with Crippen LogP contribution in [0, 0.1) is 4.77 Å². The number of methoxy groups -OCH3 is 1. The van der Waals surface area contributed by atoms with Gasteiger partial charge in [0.05, 0.1) is 50.7 Å². The van der Waals surface area contributed by atoms with Crippen LogP contribution < -0.4 is 29.6 Å². The number of fused-ring (bicyclic) bond motifs is 2. The van der Waals surface area contributed by atoms with Gasteiger partial charge in [0.15, 0.2) is 16.3 Å². The molecule has 0 amide bonds. The molecule has 0 saturated carbocycles. The van der Waals surface area contributed by atoms with Gasteiger partial charge in [0.25, 0.3) is 5.56 Å². The maximum Gasteiger partial charge on any atom is 0.262 e. The smallest absolute Gasteiger partial charge is 0.262 e. The molecule has 0 atom stereocenters. The summed E-state index contributed by atoms with van der Waals surface area (Å²) in [5.74, 6) is 2.12. The summed E-state index contributed by atoms with van der Waals surface area (Å²) in [6.45, 7) is 5.98. The third kappa shape index (κ3) is 4.05. The summed E-state index contributed by atoms with van der Waals surface area (Å²) in [6.07, 6.45) is 0.894. The third-order valence-corrected chi connectivity index (χ3v) is 6.62. The van der Waals surface area contributed by atoms with E-state index in [9.17, 15) is 4.79 Å². The zero-order valence-electron chi connectivity index (χ0n) is 18.1. The van der Waals surface area contributed by atoms with E-state index in [4.69, 9.17) is 26.4 Å². The summed E-state index contributed by atoms with van der Waals surface area (Å²) in [7, 11) is 1.69. The number of nitrogens with one attached hydrogen (secondary N) is 2. The fourth-order valence-corrected chi connectivity index (χ4v) is 4.74. The third-order valence-electron chi connectivity index (χ3n) is 6.30. The first-order valence-corrected chi connectivity index (χ1v) is 11.3. The monoisotopic (exact) mass is 455 g/mol. The molecule has 2 aliphatic heterocycles. The van der Waals surface area contributed by atoms with Crippen LogP contribution in [-0.2, 0) is 6.54 Å². The molecule has 3 heterocycles. The molecule has 0 aliphatic carbocycles. The number of H-pyrrole nitrogens is 1. The highest BCUT2D eigenvalue weighted by Gasteiger charge is 2.21. The summed E-state index contributed by atoms with van der Waals surface area (Å²) in [4.78, 5) is 20.2. The molecule has 3 aromatic rings. The second-order valence-corrected chi connectivity index (χ2v) is 8.56. The van der Waals surface area contributed by atoms with Gasteiger partial charge >= 0.3 is 0 Å². The van der Waals surface area contributed by atoms with Gasteiger partial charge in [-0.2, -0.15) is 0 Å². The van der Waals surface area contributed by atoms with Crippen molar-refractivity contribution >= 4 is 28.8 Å². The van der Waals surface area contributed by atoms with Crippen LogP contribution in [0.3, 0.4) is 0 Å². The molecule has 32 heavy (non-hydrogen) atoms. The number of nitrogens with zero attached hydrogens (tertiary/aromatic N) is 2. The molecular weight excluding hydrogens is 428 g/mol. The lowest BCUT2D eigenvalue weighted by Crippen LogP contribution is -3.14. The van der Waals surface area contributed by atoms with Crippen LogP contribution in [0.5, 0.6) is 17.2 Å². The van der Waals surface area contributed by atoms with Crippen LogP contribution in [-0.4, -0.2) is 56.2 Å². The molecule has 0 unspecified atom stereocenters. The zero-order chi connectivity index (χ0) is 22.1. The Labute approximate surface area is 190 Å². The molecule has 2 aromatic carbocycles. The second kappa shape index (κ2) is 8.84. The molecule has 1 fully saturated rings. The van der Waals surface area contributed by atoms with Gasteiger partial charge in [-0.25, -0.2) is 0 Å². The number of hydrogen-bond acceptors (Lipinski definition) is 6. The lowest BCUT2D eigenvalue weighted by Gasteiger charge is -2.33. The van der Waals surface area contributed by atoms with Crippen molar-refractivity contribution in [3.8, 4) is 17.2 Å². The lowest BCUT2D eigenvalue weighted by molar-refractivity contribution is -0.900. The van der Waals surface area contributed by atoms with Crippen molar-refractivity contribution < 1.29 is 19.1 Å². The molecular formula is C23H27N4O4S+. The van der Waals surface area contributed by atoms with E-state index in [0.29, 0.717) is 33.7 Å². The molecule has 8 nitrogen and oxygen atoms in total. The number of piperazine rings is 1. The first kappa shape index (κ1) is 20.8.